The van der Waals surface area contributed by atoms with Gasteiger partial charge in [0.15, 0.2) is 0 Å². The Morgan fingerprint density at radius 3 is 2.95 bits per heavy atom. The molecule has 0 radical (unpaired) electrons. The average molecular weight is 296 g/mol. The summed E-state index contributed by atoms with van der Waals surface area (Å²) >= 11 is 0. The highest BCUT2D eigenvalue weighted by Gasteiger charge is 2.36. The van der Waals surface area contributed by atoms with Gasteiger partial charge in [0.25, 0.3) is 0 Å². The first kappa shape index (κ1) is 13.0. The number of para-hydroxylation sites is 1. The fourth-order valence-electron chi connectivity index (χ4n) is 3.13. The van der Waals surface area contributed by atoms with Gasteiger partial charge in [-0.15, -0.1) is 0 Å². The van der Waals surface area contributed by atoms with E-state index < -0.39 is 0 Å². The molecule has 0 aliphatic carbocycles. The summed E-state index contributed by atoms with van der Waals surface area (Å²) in [6.45, 7) is 1.01. The quantitative estimate of drug-likeness (QED) is 0.880. The van der Waals surface area contributed by atoms with Crippen LogP contribution >= 0.6 is 0 Å². The number of rotatable bonds is 1. The van der Waals surface area contributed by atoms with Crippen molar-refractivity contribution in [1.82, 2.24) is 4.90 Å². The number of carbonyl (C=O) groups is 1. The third-order valence-corrected chi connectivity index (χ3v) is 4.17. The van der Waals surface area contributed by atoms with E-state index in [0.29, 0.717) is 13.2 Å². The highest BCUT2D eigenvalue weighted by molar-refractivity contribution is 5.93. The third-order valence-electron chi connectivity index (χ3n) is 4.17. The van der Waals surface area contributed by atoms with Crippen molar-refractivity contribution in [2.75, 3.05) is 25.6 Å². The van der Waals surface area contributed by atoms with Crippen LogP contribution < -0.4 is 14.8 Å². The van der Waals surface area contributed by atoms with Crippen molar-refractivity contribution in [3.8, 4) is 11.5 Å². The molecule has 0 saturated carbocycles. The van der Waals surface area contributed by atoms with E-state index in [1.54, 1.807) is 7.11 Å². The van der Waals surface area contributed by atoms with Crippen molar-refractivity contribution < 1.29 is 14.3 Å². The predicted molar refractivity (Wildman–Crippen MR) is 82.5 cm³/mol. The molecule has 112 valence electrons. The Labute approximate surface area is 128 Å². The van der Waals surface area contributed by atoms with Gasteiger partial charge >= 0.3 is 6.03 Å². The number of anilines is 1. The molecule has 1 N–H and O–H groups in total. The number of hydrogen-bond acceptors (Lipinski definition) is 3. The zero-order valence-corrected chi connectivity index (χ0v) is 12.2. The maximum atomic E-state index is 12.4. The van der Waals surface area contributed by atoms with Crippen LogP contribution in [0.3, 0.4) is 0 Å². The molecule has 1 atom stereocenters. The van der Waals surface area contributed by atoms with Gasteiger partial charge in [-0.05, 0) is 18.2 Å². The highest BCUT2D eigenvalue weighted by Crippen LogP contribution is 2.43. The van der Waals surface area contributed by atoms with E-state index in [-0.39, 0.29) is 12.1 Å². The summed E-state index contributed by atoms with van der Waals surface area (Å²) in [6, 6.07) is 13.4. The zero-order chi connectivity index (χ0) is 15.1. The molecule has 4 rings (SSSR count). The second kappa shape index (κ2) is 4.94. The molecule has 1 unspecified atom stereocenters. The number of hydrogen-bond donors (Lipinski definition) is 1. The minimum atomic E-state index is -0.131. The minimum Gasteiger partial charge on any atom is -0.497 e. The standard InChI is InChI=1S/C17H16N2O3/c1-21-11-6-7-13-15(10-11)22-9-8-19-16(13)12-4-2-3-5-14(12)18-17(19)20/h2-7,10,16H,8-9H2,1H3,(H,18,20). The number of nitrogens with one attached hydrogen (secondary N) is 1. The number of amides is 2. The number of urea groups is 1. The molecule has 2 heterocycles. The SMILES string of the molecule is COc1ccc2c(c1)OCCN1C(=O)Nc3ccccc3C21. The number of carbonyl (C=O) groups excluding carboxylic acids is 1. The van der Waals surface area contributed by atoms with Crippen LogP contribution in [-0.2, 0) is 0 Å². The first-order valence-corrected chi connectivity index (χ1v) is 7.25. The molecular formula is C17H16N2O3. The Hall–Kier alpha value is -2.69. The maximum absolute atomic E-state index is 12.4. The van der Waals surface area contributed by atoms with Crippen LogP contribution in [0.15, 0.2) is 42.5 Å². The van der Waals surface area contributed by atoms with E-state index in [9.17, 15) is 4.79 Å². The van der Waals surface area contributed by atoms with Gasteiger partial charge in [-0.3, -0.25) is 0 Å². The van der Waals surface area contributed by atoms with Gasteiger partial charge in [-0.1, -0.05) is 18.2 Å². The van der Waals surface area contributed by atoms with Gasteiger partial charge in [0, 0.05) is 22.9 Å². The van der Waals surface area contributed by atoms with Crippen molar-refractivity contribution in [2.45, 2.75) is 6.04 Å². The van der Waals surface area contributed by atoms with Gasteiger partial charge in [0.2, 0.25) is 0 Å². The number of fused-ring (bicyclic) bond motifs is 5. The van der Waals surface area contributed by atoms with Gasteiger partial charge in [-0.2, -0.15) is 0 Å². The number of nitrogens with zero attached hydrogens (tertiary/aromatic N) is 1. The molecule has 0 saturated heterocycles. The summed E-state index contributed by atoms with van der Waals surface area (Å²) in [4.78, 5) is 14.2. The van der Waals surface area contributed by atoms with Crippen LogP contribution in [0.25, 0.3) is 0 Å². The van der Waals surface area contributed by atoms with Crippen LogP contribution in [-0.4, -0.2) is 31.2 Å². The fourth-order valence-corrected chi connectivity index (χ4v) is 3.13. The van der Waals surface area contributed by atoms with E-state index in [1.807, 2.05) is 47.4 Å². The van der Waals surface area contributed by atoms with E-state index in [4.69, 9.17) is 9.47 Å². The smallest absolute Gasteiger partial charge is 0.322 e. The molecule has 5 nitrogen and oxygen atoms in total. The lowest BCUT2D eigenvalue weighted by Gasteiger charge is -2.36. The van der Waals surface area contributed by atoms with Gasteiger partial charge < -0.3 is 19.7 Å². The summed E-state index contributed by atoms with van der Waals surface area (Å²) in [5.74, 6) is 1.53. The fraction of sp³-hybridized carbons (Fsp3) is 0.235. The minimum absolute atomic E-state index is 0.0871. The molecule has 22 heavy (non-hydrogen) atoms. The van der Waals surface area contributed by atoms with E-state index in [1.165, 1.54) is 0 Å². The van der Waals surface area contributed by atoms with Crippen molar-refractivity contribution in [3.05, 3.63) is 53.6 Å². The first-order chi connectivity index (χ1) is 10.8. The van der Waals surface area contributed by atoms with Crippen molar-refractivity contribution >= 4 is 11.7 Å². The summed E-state index contributed by atoms with van der Waals surface area (Å²) in [5, 5.41) is 2.95. The molecule has 5 heteroatoms. The Bertz CT molecular complexity index is 744. The lowest BCUT2D eigenvalue weighted by molar-refractivity contribution is 0.187. The van der Waals surface area contributed by atoms with Crippen molar-refractivity contribution in [1.29, 1.82) is 0 Å². The molecule has 0 spiro atoms. The number of benzene rings is 2. The molecule has 0 bridgehead atoms. The Balaban J connectivity index is 1.91. The molecule has 2 aromatic rings. The average Bonchev–Trinajstić information content (AvgIpc) is 2.74. The van der Waals surface area contributed by atoms with E-state index in [0.717, 1.165) is 28.3 Å². The second-order valence-corrected chi connectivity index (χ2v) is 5.37. The highest BCUT2D eigenvalue weighted by atomic mass is 16.5. The van der Waals surface area contributed by atoms with Gasteiger partial charge in [-0.25, -0.2) is 4.79 Å². The van der Waals surface area contributed by atoms with E-state index in [2.05, 4.69) is 5.32 Å². The molecule has 2 aliphatic heterocycles. The molecule has 2 aromatic carbocycles. The molecular weight excluding hydrogens is 280 g/mol. The molecule has 2 amide bonds. The lowest BCUT2D eigenvalue weighted by Crippen LogP contribution is -2.43. The predicted octanol–water partition coefficient (Wildman–Crippen LogP) is 3.02. The van der Waals surface area contributed by atoms with Gasteiger partial charge in [0.05, 0.1) is 19.7 Å². The summed E-state index contributed by atoms with van der Waals surface area (Å²) in [7, 11) is 1.63. The maximum Gasteiger partial charge on any atom is 0.322 e. The number of methoxy groups -OCH3 is 1. The number of ether oxygens (including phenoxy) is 2. The molecule has 0 aromatic heterocycles. The van der Waals surface area contributed by atoms with Crippen LogP contribution in [0, 0.1) is 0 Å². The first-order valence-electron chi connectivity index (χ1n) is 7.25. The Kier molecular flexibility index (Phi) is 2.92. The lowest BCUT2D eigenvalue weighted by atomic mass is 9.93. The zero-order valence-electron chi connectivity index (χ0n) is 12.2. The van der Waals surface area contributed by atoms with E-state index >= 15 is 0 Å². The summed E-state index contributed by atoms with van der Waals surface area (Å²) < 4.78 is 11.1. The van der Waals surface area contributed by atoms with Crippen LogP contribution in [0.4, 0.5) is 10.5 Å². The molecule has 0 fully saturated rings. The summed E-state index contributed by atoms with van der Waals surface area (Å²) in [5.41, 5.74) is 2.93. The second-order valence-electron chi connectivity index (χ2n) is 5.37. The Morgan fingerprint density at radius 1 is 1.23 bits per heavy atom. The van der Waals surface area contributed by atoms with Crippen LogP contribution in [0.5, 0.6) is 11.5 Å². The largest absolute Gasteiger partial charge is 0.497 e. The summed E-state index contributed by atoms with van der Waals surface area (Å²) in [6.07, 6.45) is 0. The van der Waals surface area contributed by atoms with Gasteiger partial charge in [0.1, 0.15) is 18.1 Å². The van der Waals surface area contributed by atoms with Crippen LogP contribution in [0.1, 0.15) is 17.2 Å². The monoisotopic (exact) mass is 296 g/mol. The molecule has 2 aliphatic rings. The Morgan fingerprint density at radius 2 is 2.09 bits per heavy atom. The van der Waals surface area contributed by atoms with Crippen molar-refractivity contribution in [3.63, 3.8) is 0 Å². The third kappa shape index (κ3) is 1.89. The normalized spacial score (nSPS) is 19.0. The van der Waals surface area contributed by atoms with Crippen LogP contribution in [0.2, 0.25) is 0 Å². The topological polar surface area (TPSA) is 50.8 Å². The van der Waals surface area contributed by atoms with Crippen molar-refractivity contribution in [2.24, 2.45) is 0 Å².